The summed E-state index contributed by atoms with van der Waals surface area (Å²) in [7, 11) is 1.50. The summed E-state index contributed by atoms with van der Waals surface area (Å²) in [4.78, 5) is 32.7. The minimum absolute atomic E-state index is 0.0683. The van der Waals surface area contributed by atoms with Gasteiger partial charge in [-0.3, -0.25) is 14.3 Å². The number of carboxylic acid groups (broad SMARTS) is 1. The van der Waals surface area contributed by atoms with E-state index in [2.05, 4.69) is 10.4 Å². The Labute approximate surface area is 91.1 Å². The normalized spacial score (nSPS) is 9.88. The molecule has 0 radical (unpaired) electrons. The standard InChI is InChI=1S/C9H11N3O4/c1-5(13)3-7(14)11-8-6(9(15)16)4-10-12(8)2/h4H,3H2,1-2H3,(H,11,14)(H,15,16). The number of ketones is 1. The molecule has 0 fully saturated rings. The number of rotatable bonds is 4. The third-order valence-corrected chi connectivity index (χ3v) is 1.84. The largest absolute Gasteiger partial charge is 0.477 e. The number of carboxylic acids is 1. The van der Waals surface area contributed by atoms with Gasteiger partial charge in [0.15, 0.2) is 0 Å². The summed E-state index contributed by atoms with van der Waals surface area (Å²) in [6.07, 6.45) is 0.843. The van der Waals surface area contributed by atoms with E-state index >= 15 is 0 Å². The van der Waals surface area contributed by atoms with Crippen molar-refractivity contribution < 1.29 is 19.5 Å². The van der Waals surface area contributed by atoms with Crippen molar-refractivity contribution in [1.82, 2.24) is 9.78 Å². The number of aryl methyl sites for hydroxylation is 1. The van der Waals surface area contributed by atoms with Crippen LogP contribution in [0.4, 0.5) is 5.82 Å². The molecule has 0 saturated heterocycles. The van der Waals surface area contributed by atoms with Gasteiger partial charge in [0.2, 0.25) is 5.91 Å². The summed E-state index contributed by atoms with van der Waals surface area (Å²) >= 11 is 0. The quantitative estimate of drug-likeness (QED) is 0.704. The number of aromatic carboxylic acids is 1. The summed E-state index contributed by atoms with van der Waals surface area (Å²) in [6, 6.07) is 0. The van der Waals surface area contributed by atoms with Crippen molar-refractivity contribution in [3.63, 3.8) is 0 Å². The van der Waals surface area contributed by atoms with Crippen LogP contribution in [0.15, 0.2) is 6.20 Å². The Morgan fingerprint density at radius 1 is 1.50 bits per heavy atom. The SMILES string of the molecule is CC(=O)CC(=O)Nc1c(C(=O)O)cnn1C. The lowest BCUT2D eigenvalue weighted by atomic mass is 10.3. The second-order valence-electron chi connectivity index (χ2n) is 3.26. The van der Waals surface area contributed by atoms with Crippen molar-refractivity contribution in [3.05, 3.63) is 11.8 Å². The predicted octanol–water partition coefficient (Wildman–Crippen LogP) is 0.0359. The second kappa shape index (κ2) is 4.56. The molecule has 86 valence electrons. The molecule has 0 aliphatic carbocycles. The van der Waals surface area contributed by atoms with E-state index < -0.39 is 11.9 Å². The van der Waals surface area contributed by atoms with Gasteiger partial charge in [-0.25, -0.2) is 4.79 Å². The fourth-order valence-corrected chi connectivity index (χ4v) is 1.14. The zero-order valence-corrected chi connectivity index (χ0v) is 8.85. The topological polar surface area (TPSA) is 101 Å². The average Bonchev–Trinajstić information content (AvgIpc) is 2.46. The van der Waals surface area contributed by atoms with E-state index in [0.717, 1.165) is 6.20 Å². The van der Waals surface area contributed by atoms with E-state index in [1.807, 2.05) is 0 Å². The lowest BCUT2D eigenvalue weighted by Gasteiger charge is -2.05. The molecular weight excluding hydrogens is 214 g/mol. The first-order valence-corrected chi connectivity index (χ1v) is 4.46. The fourth-order valence-electron chi connectivity index (χ4n) is 1.14. The Kier molecular flexibility index (Phi) is 3.39. The van der Waals surface area contributed by atoms with Gasteiger partial charge >= 0.3 is 5.97 Å². The van der Waals surface area contributed by atoms with Crippen molar-refractivity contribution >= 4 is 23.5 Å². The average molecular weight is 225 g/mol. The summed E-state index contributed by atoms with van der Waals surface area (Å²) < 4.78 is 1.22. The summed E-state index contributed by atoms with van der Waals surface area (Å²) in [6.45, 7) is 1.28. The lowest BCUT2D eigenvalue weighted by molar-refractivity contribution is -0.124. The van der Waals surface area contributed by atoms with Gasteiger partial charge in [0.25, 0.3) is 0 Å². The van der Waals surface area contributed by atoms with E-state index in [-0.39, 0.29) is 23.6 Å². The number of aromatic nitrogens is 2. The van der Waals surface area contributed by atoms with E-state index in [0.29, 0.717) is 0 Å². The van der Waals surface area contributed by atoms with E-state index in [1.54, 1.807) is 0 Å². The van der Waals surface area contributed by atoms with Crippen LogP contribution < -0.4 is 5.32 Å². The third kappa shape index (κ3) is 2.66. The molecule has 16 heavy (non-hydrogen) atoms. The molecule has 0 unspecified atom stereocenters. The van der Waals surface area contributed by atoms with Crippen LogP contribution in [0.2, 0.25) is 0 Å². The minimum atomic E-state index is -1.19. The second-order valence-corrected chi connectivity index (χ2v) is 3.26. The smallest absolute Gasteiger partial charge is 0.341 e. The zero-order valence-electron chi connectivity index (χ0n) is 8.85. The molecule has 7 nitrogen and oxygen atoms in total. The van der Waals surface area contributed by atoms with Gasteiger partial charge in [0.05, 0.1) is 12.6 Å². The van der Waals surface area contributed by atoms with Gasteiger partial charge < -0.3 is 10.4 Å². The van der Waals surface area contributed by atoms with Crippen LogP contribution in [0.5, 0.6) is 0 Å². The highest BCUT2D eigenvalue weighted by atomic mass is 16.4. The number of hydrogen-bond acceptors (Lipinski definition) is 4. The molecule has 7 heteroatoms. The van der Waals surface area contributed by atoms with Crippen molar-refractivity contribution in [2.75, 3.05) is 5.32 Å². The van der Waals surface area contributed by atoms with Crippen LogP contribution in [0.3, 0.4) is 0 Å². The number of Topliss-reactive ketones (excluding diaryl/α,β-unsaturated/α-hetero) is 1. The third-order valence-electron chi connectivity index (χ3n) is 1.84. The minimum Gasteiger partial charge on any atom is -0.477 e. The summed E-state index contributed by atoms with van der Waals surface area (Å²) in [5.41, 5.74) is -0.112. The fraction of sp³-hybridized carbons (Fsp3) is 0.333. The first-order valence-electron chi connectivity index (χ1n) is 4.46. The molecule has 1 aromatic heterocycles. The maximum absolute atomic E-state index is 11.3. The maximum Gasteiger partial charge on any atom is 0.341 e. The number of amides is 1. The van der Waals surface area contributed by atoms with Crippen LogP contribution in [0.25, 0.3) is 0 Å². The van der Waals surface area contributed by atoms with Crippen molar-refractivity contribution in [1.29, 1.82) is 0 Å². The first kappa shape index (κ1) is 11.9. The lowest BCUT2D eigenvalue weighted by Crippen LogP contribution is -2.18. The van der Waals surface area contributed by atoms with Crippen molar-refractivity contribution in [3.8, 4) is 0 Å². The van der Waals surface area contributed by atoms with Crippen molar-refractivity contribution in [2.24, 2.45) is 7.05 Å². The molecule has 0 spiro atoms. The first-order chi connectivity index (χ1) is 7.41. The molecule has 1 heterocycles. The number of hydrogen-bond donors (Lipinski definition) is 2. The highest BCUT2D eigenvalue weighted by Crippen LogP contribution is 2.13. The highest BCUT2D eigenvalue weighted by Gasteiger charge is 2.17. The van der Waals surface area contributed by atoms with Crippen molar-refractivity contribution in [2.45, 2.75) is 13.3 Å². The molecule has 0 aromatic carbocycles. The molecule has 1 aromatic rings. The molecule has 1 rings (SSSR count). The van der Waals surface area contributed by atoms with E-state index in [4.69, 9.17) is 5.11 Å². The molecule has 0 aliphatic rings. The van der Waals surface area contributed by atoms with Crippen LogP contribution in [-0.4, -0.2) is 32.5 Å². The molecule has 0 atom stereocenters. The molecule has 0 saturated carbocycles. The van der Waals surface area contributed by atoms with Crippen LogP contribution in [0.1, 0.15) is 23.7 Å². The Morgan fingerprint density at radius 2 is 2.12 bits per heavy atom. The number of carbonyl (C=O) groups excluding carboxylic acids is 2. The number of nitrogens with one attached hydrogen (secondary N) is 1. The summed E-state index contributed by atoms with van der Waals surface area (Å²) in [5.74, 6) is -1.97. The van der Waals surface area contributed by atoms with Gasteiger partial charge in [-0.15, -0.1) is 0 Å². The Bertz CT molecular complexity index is 450. The van der Waals surface area contributed by atoms with Crippen LogP contribution >= 0.6 is 0 Å². The number of nitrogens with zero attached hydrogens (tertiary/aromatic N) is 2. The number of anilines is 1. The van der Waals surface area contributed by atoms with Gasteiger partial charge in [0.1, 0.15) is 17.2 Å². The molecule has 0 aliphatic heterocycles. The Balaban J connectivity index is 2.88. The van der Waals surface area contributed by atoms with Crippen LogP contribution in [-0.2, 0) is 16.6 Å². The monoisotopic (exact) mass is 225 g/mol. The van der Waals surface area contributed by atoms with Gasteiger partial charge in [0, 0.05) is 7.05 Å². The molecule has 1 amide bonds. The van der Waals surface area contributed by atoms with E-state index in [1.165, 1.54) is 18.7 Å². The van der Waals surface area contributed by atoms with Gasteiger partial charge in [-0.1, -0.05) is 0 Å². The van der Waals surface area contributed by atoms with Crippen LogP contribution in [0, 0.1) is 0 Å². The van der Waals surface area contributed by atoms with Gasteiger partial charge in [-0.2, -0.15) is 5.10 Å². The Hall–Kier alpha value is -2.18. The molecule has 0 bridgehead atoms. The Morgan fingerprint density at radius 3 is 2.62 bits per heavy atom. The zero-order chi connectivity index (χ0) is 12.3. The van der Waals surface area contributed by atoms with E-state index in [9.17, 15) is 14.4 Å². The van der Waals surface area contributed by atoms with Gasteiger partial charge in [-0.05, 0) is 6.92 Å². The maximum atomic E-state index is 11.3. The highest BCUT2D eigenvalue weighted by molar-refractivity contribution is 6.05. The summed E-state index contributed by atoms with van der Waals surface area (Å²) in [5, 5.41) is 14.8. The number of carbonyl (C=O) groups is 3. The predicted molar refractivity (Wildman–Crippen MR) is 54.1 cm³/mol. The molecular formula is C9H11N3O4. The molecule has 2 N–H and O–H groups in total.